The molecule has 0 saturated carbocycles. The summed E-state index contributed by atoms with van der Waals surface area (Å²) in [5, 5.41) is 5.19. The van der Waals surface area contributed by atoms with Crippen molar-refractivity contribution in [2.45, 2.75) is 19.4 Å². The molecule has 1 aliphatic rings. The summed E-state index contributed by atoms with van der Waals surface area (Å²) in [7, 11) is 0. The van der Waals surface area contributed by atoms with E-state index in [9.17, 15) is 9.59 Å². The third-order valence-electron chi connectivity index (χ3n) is 3.65. The van der Waals surface area contributed by atoms with E-state index in [-0.39, 0.29) is 30.2 Å². The summed E-state index contributed by atoms with van der Waals surface area (Å²) in [6, 6.07) is 10.4. The quantitative estimate of drug-likeness (QED) is 0.889. The Balaban J connectivity index is 1.75. The number of hydrogen-bond acceptors (Lipinski definition) is 5. The van der Waals surface area contributed by atoms with Crippen LogP contribution < -0.4 is 15.4 Å². The standard InChI is InChI=1S/C18H18N4O3/c1-2-25-14-7-5-12(6-8-14)15-10-16(23)21-18(20-15)22-17(24)13-4-3-9-19-11-13/h3-9,11,15H,2,10H2,1H3,(H2,20,21,22,23,24). The zero-order valence-electron chi connectivity index (χ0n) is 13.7. The minimum atomic E-state index is -0.375. The number of guanidine groups is 1. The fourth-order valence-corrected chi connectivity index (χ4v) is 2.48. The molecule has 2 N–H and O–H groups in total. The van der Waals surface area contributed by atoms with Gasteiger partial charge >= 0.3 is 0 Å². The van der Waals surface area contributed by atoms with Gasteiger partial charge in [-0.2, -0.15) is 0 Å². The molecule has 1 aliphatic heterocycles. The lowest BCUT2D eigenvalue weighted by atomic mass is 10.0. The highest BCUT2D eigenvalue weighted by Crippen LogP contribution is 2.25. The van der Waals surface area contributed by atoms with Crippen molar-refractivity contribution in [2.75, 3.05) is 6.61 Å². The lowest BCUT2D eigenvalue weighted by molar-refractivity contribution is -0.120. The van der Waals surface area contributed by atoms with Crippen LogP contribution in [0.1, 0.15) is 35.3 Å². The molecule has 128 valence electrons. The highest BCUT2D eigenvalue weighted by molar-refractivity contribution is 6.10. The van der Waals surface area contributed by atoms with Crippen molar-refractivity contribution in [2.24, 2.45) is 4.99 Å². The normalized spacial score (nSPS) is 16.6. The van der Waals surface area contributed by atoms with Crippen molar-refractivity contribution in [3.8, 4) is 5.75 Å². The van der Waals surface area contributed by atoms with Gasteiger partial charge in [-0.1, -0.05) is 12.1 Å². The topological polar surface area (TPSA) is 92.7 Å². The minimum absolute atomic E-state index is 0.143. The van der Waals surface area contributed by atoms with Gasteiger partial charge in [0, 0.05) is 12.4 Å². The molecule has 0 radical (unpaired) electrons. The highest BCUT2D eigenvalue weighted by atomic mass is 16.5. The number of ether oxygens (including phenoxy) is 1. The Morgan fingerprint density at radius 3 is 2.80 bits per heavy atom. The van der Waals surface area contributed by atoms with Crippen molar-refractivity contribution in [1.82, 2.24) is 15.6 Å². The second-order valence-electron chi connectivity index (χ2n) is 5.44. The van der Waals surface area contributed by atoms with Crippen molar-refractivity contribution in [3.05, 3.63) is 59.9 Å². The molecule has 0 fully saturated rings. The molecular formula is C18H18N4O3. The number of carbonyl (C=O) groups is 2. The Labute approximate surface area is 145 Å². The van der Waals surface area contributed by atoms with E-state index in [1.165, 1.54) is 6.20 Å². The lowest BCUT2D eigenvalue weighted by Crippen LogP contribution is -2.47. The minimum Gasteiger partial charge on any atom is -0.494 e. The number of benzene rings is 1. The van der Waals surface area contributed by atoms with Gasteiger partial charge in [0.25, 0.3) is 5.91 Å². The number of amides is 2. The summed E-state index contributed by atoms with van der Waals surface area (Å²) in [6.07, 6.45) is 3.25. The van der Waals surface area contributed by atoms with Crippen LogP contribution in [-0.2, 0) is 4.79 Å². The van der Waals surface area contributed by atoms with Crippen LogP contribution in [0.3, 0.4) is 0 Å². The molecular weight excluding hydrogens is 320 g/mol. The molecule has 2 aromatic rings. The maximum atomic E-state index is 12.2. The Bertz CT molecular complexity index is 788. The molecule has 0 bridgehead atoms. The van der Waals surface area contributed by atoms with Gasteiger partial charge < -0.3 is 4.74 Å². The van der Waals surface area contributed by atoms with Crippen LogP contribution in [0.4, 0.5) is 0 Å². The van der Waals surface area contributed by atoms with E-state index in [4.69, 9.17) is 4.74 Å². The summed E-state index contributed by atoms with van der Waals surface area (Å²) < 4.78 is 5.41. The van der Waals surface area contributed by atoms with Gasteiger partial charge in [-0.15, -0.1) is 0 Å². The van der Waals surface area contributed by atoms with Crippen molar-refractivity contribution in [3.63, 3.8) is 0 Å². The second-order valence-corrected chi connectivity index (χ2v) is 5.44. The summed E-state index contributed by atoms with van der Waals surface area (Å²) >= 11 is 0. The highest BCUT2D eigenvalue weighted by Gasteiger charge is 2.23. The first-order valence-electron chi connectivity index (χ1n) is 7.97. The second kappa shape index (κ2) is 7.57. The molecule has 1 unspecified atom stereocenters. The fraction of sp³-hybridized carbons (Fsp3) is 0.222. The van der Waals surface area contributed by atoms with E-state index in [0.29, 0.717) is 12.2 Å². The average Bonchev–Trinajstić information content (AvgIpc) is 2.63. The third-order valence-corrected chi connectivity index (χ3v) is 3.65. The van der Waals surface area contributed by atoms with Crippen molar-refractivity contribution >= 4 is 17.8 Å². The summed E-state index contributed by atoms with van der Waals surface area (Å²) in [4.78, 5) is 32.5. The predicted octanol–water partition coefficient (Wildman–Crippen LogP) is 1.83. The molecule has 0 saturated heterocycles. The molecule has 7 heteroatoms. The summed E-state index contributed by atoms with van der Waals surface area (Å²) in [6.45, 7) is 2.51. The molecule has 7 nitrogen and oxygen atoms in total. The van der Waals surface area contributed by atoms with Crippen LogP contribution in [0, 0.1) is 0 Å². The van der Waals surface area contributed by atoms with E-state index in [0.717, 1.165) is 11.3 Å². The van der Waals surface area contributed by atoms with Crippen molar-refractivity contribution < 1.29 is 14.3 Å². The van der Waals surface area contributed by atoms with Gasteiger partial charge in [0.15, 0.2) is 0 Å². The van der Waals surface area contributed by atoms with Crippen LogP contribution in [-0.4, -0.2) is 29.4 Å². The van der Waals surface area contributed by atoms with E-state index in [2.05, 4.69) is 20.6 Å². The predicted molar refractivity (Wildman–Crippen MR) is 92.2 cm³/mol. The molecule has 1 aromatic carbocycles. The fourth-order valence-electron chi connectivity index (χ4n) is 2.48. The number of aliphatic imine (C=N–C) groups is 1. The van der Waals surface area contributed by atoms with Gasteiger partial charge in [0.1, 0.15) is 5.75 Å². The molecule has 2 amide bonds. The molecule has 2 heterocycles. The Morgan fingerprint density at radius 1 is 1.32 bits per heavy atom. The van der Waals surface area contributed by atoms with Gasteiger partial charge in [-0.05, 0) is 36.8 Å². The van der Waals surface area contributed by atoms with E-state index >= 15 is 0 Å². The zero-order valence-corrected chi connectivity index (χ0v) is 13.7. The number of rotatable bonds is 4. The Kier molecular flexibility index (Phi) is 5.03. The van der Waals surface area contributed by atoms with Gasteiger partial charge in [-0.3, -0.25) is 25.2 Å². The molecule has 1 atom stereocenters. The number of pyridine rings is 1. The van der Waals surface area contributed by atoms with E-state index < -0.39 is 0 Å². The van der Waals surface area contributed by atoms with E-state index in [1.54, 1.807) is 18.3 Å². The first-order valence-corrected chi connectivity index (χ1v) is 7.97. The number of hydrogen-bond donors (Lipinski definition) is 2. The summed E-state index contributed by atoms with van der Waals surface area (Å²) in [5.74, 6) is 0.333. The maximum absolute atomic E-state index is 12.2. The number of aromatic nitrogens is 1. The first-order chi connectivity index (χ1) is 12.2. The molecule has 1 aromatic heterocycles. The zero-order chi connectivity index (χ0) is 17.6. The van der Waals surface area contributed by atoms with Gasteiger partial charge in [0.2, 0.25) is 11.9 Å². The molecule has 3 rings (SSSR count). The molecule has 0 aliphatic carbocycles. The molecule has 0 spiro atoms. The third kappa shape index (κ3) is 4.20. The number of nitrogens with zero attached hydrogens (tertiary/aromatic N) is 2. The van der Waals surface area contributed by atoms with Crippen LogP contribution in [0.2, 0.25) is 0 Å². The average molecular weight is 338 g/mol. The van der Waals surface area contributed by atoms with Crippen LogP contribution in [0.25, 0.3) is 0 Å². The van der Waals surface area contributed by atoms with Gasteiger partial charge in [-0.25, -0.2) is 4.99 Å². The lowest BCUT2D eigenvalue weighted by Gasteiger charge is -2.21. The van der Waals surface area contributed by atoms with Crippen LogP contribution in [0.5, 0.6) is 5.75 Å². The monoisotopic (exact) mass is 338 g/mol. The maximum Gasteiger partial charge on any atom is 0.259 e. The Morgan fingerprint density at radius 2 is 2.12 bits per heavy atom. The first kappa shape index (κ1) is 16.6. The number of carbonyl (C=O) groups excluding carboxylic acids is 2. The SMILES string of the molecule is CCOc1ccc(C2CC(=O)NC(NC(=O)c3cccnc3)=N2)cc1. The Hall–Kier alpha value is -3.22. The van der Waals surface area contributed by atoms with Gasteiger partial charge in [0.05, 0.1) is 24.6 Å². The van der Waals surface area contributed by atoms with Crippen LogP contribution >= 0.6 is 0 Å². The largest absolute Gasteiger partial charge is 0.494 e. The molecule has 25 heavy (non-hydrogen) atoms. The smallest absolute Gasteiger partial charge is 0.259 e. The van der Waals surface area contributed by atoms with E-state index in [1.807, 2.05) is 31.2 Å². The van der Waals surface area contributed by atoms with Crippen molar-refractivity contribution in [1.29, 1.82) is 0 Å². The van der Waals surface area contributed by atoms with Crippen LogP contribution in [0.15, 0.2) is 53.8 Å². The number of nitrogens with one attached hydrogen (secondary N) is 2. The summed E-state index contributed by atoms with van der Waals surface area (Å²) in [5.41, 5.74) is 1.27.